The third-order valence-electron chi connectivity index (χ3n) is 4.10. The van der Waals surface area contributed by atoms with Crippen LogP contribution in [0.25, 0.3) is 27.5 Å². The van der Waals surface area contributed by atoms with Crippen LogP contribution in [0.1, 0.15) is 20.8 Å². The summed E-state index contributed by atoms with van der Waals surface area (Å²) in [7, 11) is 3.04. The average molecular weight is 435 g/mol. The van der Waals surface area contributed by atoms with Gasteiger partial charge in [0.25, 0.3) is 0 Å². The molecular weight excluding hydrogens is 413 g/mol. The topological polar surface area (TPSA) is 97.3 Å². The Balaban J connectivity index is 2.27. The van der Waals surface area contributed by atoms with E-state index in [0.29, 0.717) is 56.1 Å². The molecule has 154 valence electrons. The Morgan fingerprint density at radius 2 is 1.66 bits per heavy atom. The molecule has 0 saturated heterocycles. The van der Waals surface area contributed by atoms with Gasteiger partial charge in [-0.05, 0) is 29.5 Å². The van der Waals surface area contributed by atoms with E-state index >= 15 is 0 Å². The van der Waals surface area contributed by atoms with Crippen LogP contribution in [-0.4, -0.2) is 35.7 Å². The number of hydrogen-bond donors (Lipinski definition) is 1. The number of nitrogens with zero attached hydrogens (tertiary/aromatic N) is 4. The van der Waals surface area contributed by atoms with Crippen LogP contribution in [0.2, 0.25) is 10.0 Å². The summed E-state index contributed by atoms with van der Waals surface area (Å²) in [5.74, 6) is 1.44. The molecular formula is C20H22Cl2N5O2-. The highest BCUT2D eigenvalue weighted by Gasteiger charge is 2.19. The lowest BCUT2D eigenvalue weighted by Crippen LogP contribution is -2.10. The highest BCUT2D eigenvalue weighted by molar-refractivity contribution is 6.41. The lowest BCUT2D eigenvalue weighted by molar-refractivity contribution is 0.395. The van der Waals surface area contributed by atoms with Gasteiger partial charge in [0.1, 0.15) is 11.5 Å². The molecule has 0 spiro atoms. The predicted octanol–water partition coefficient (Wildman–Crippen LogP) is 5.65. The van der Waals surface area contributed by atoms with Gasteiger partial charge in [-0.3, -0.25) is 0 Å². The summed E-state index contributed by atoms with van der Waals surface area (Å²) >= 11 is 13.1. The first-order valence-corrected chi connectivity index (χ1v) is 9.61. The minimum Gasteiger partial charge on any atom is -0.495 e. The maximum absolute atomic E-state index is 6.57. The fraction of sp³-hybridized carbons (Fsp3) is 0.350. The lowest BCUT2D eigenvalue weighted by atomic mass is 9.97. The van der Waals surface area contributed by atoms with Gasteiger partial charge in [0.2, 0.25) is 5.95 Å². The molecule has 0 bridgehead atoms. The molecule has 7 nitrogen and oxygen atoms in total. The molecule has 2 heterocycles. The van der Waals surface area contributed by atoms with E-state index < -0.39 is 0 Å². The van der Waals surface area contributed by atoms with Crippen LogP contribution in [0, 0.1) is 5.41 Å². The Hall–Kier alpha value is -2.51. The largest absolute Gasteiger partial charge is 0.495 e. The van der Waals surface area contributed by atoms with Crippen LogP contribution in [0.4, 0.5) is 11.8 Å². The van der Waals surface area contributed by atoms with E-state index in [0.717, 1.165) is 0 Å². The second-order valence-corrected chi connectivity index (χ2v) is 8.41. The third-order valence-corrected chi connectivity index (χ3v) is 4.85. The number of halogens is 2. The maximum atomic E-state index is 6.57. The van der Waals surface area contributed by atoms with Gasteiger partial charge in [0, 0.05) is 23.2 Å². The maximum Gasteiger partial charge on any atom is 0.220 e. The normalized spacial score (nSPS) is 11.6. The molecule has 0 atom stereocenters. The number of fused-ring (bicyclic) bond motifs is 1. The number of rotatable bonds is 5. The van der Waals surface area contributed by atoms with Crippen molar-refractivity contribution >= 4 is 45.9 Å². The summed E-state index contributed by atoms with van der Waals surface area (Å²) in [6, 6.07) is 3.42. The summed E-state index contributed by atoms with van der Waals surface area (Å²) in [5, 5.41) is 6.03. The fourth-order valence-corrected chi connectivity index (χ4v) is 3.39. The Morgan fingerprint density at radius 3 is 2.21 bits per heavy atom. The molecule has 1 aromatic carbocycles. The Labute approximate surface area is 179 Å². The van der Waals surface area contributed by atoms with E-state index in [-0.39, 0.29) is 11.4 Å². The van der Waals surface area contributed by atoms with Gasteiger partial charge in [-0.1, -0.05) is 44.0 Å². The average Bonchev–Trinajstić information content (AvgIpc) is 2.66. The van der Waals surface area contributed by atoms with Gasteiger partial charge in [0.05, 0.1) is 29.8 Å². The number of benzene rings is 1. The van der Waals surface area contributed by atoms with Crippen LogP contribution >= 0.6 is 23.2 Å². The minimum absolute atomic E-state index is 0.0307. The van der Waals surface area contributed by atoms with Crippen molar-refractivity contribution < 1.29 is 9.47 Å². The number of methoxy groups -OCH3 is 2. The number of anilines is 1. The summed E-state index contributed by atoms with van der Waals surface area (Å²) in [5.41, 5.74) is 7.30. The molecule has 0 aliphatic rings. The van der Waals surface area contributed by atoms with E-state index in [1.165, 1.54) is 14.2 Å². The van der Waals surface area contributed by atoms with Crippen molar-refractivity contribution in [2.24, 2.45) is 5.41 Å². The second kappa shape index (κ2) is 8.08. The number of pyridine rings is 1. The molecule has 0 radical (unpaired) electrons. The highest BCUT2D eigenvalue weighted by Crippen LogP contribution is 2.46. The van der Waals surface area contributed by atoms with E-state index in [1.807, 2.05) is 0 Å². The first kappa shape index (κ1) is 21.2. The van der Waals surface area contributed by atoms with Crippen molar-refractivity contribution in [1.29, 1.82) is 0 Å². The van der Waals surface area contributed by atoms with Gasteiger partial charge in [0.15, 0.2) is 0 Å². The summed E-state index contributed by atoms with van der Waals surface area (Å²) in [6.45, 7) is 6.82. The Morgan fingerprint density at radius 1 is 1.03 bits per heavy atom. The summed E-state index contributed by atoms with van der Waals surface area (Å²) in [6.07, 6.45) is 1.62. The van der Waals surface area contributed by atoms with Gasteiger partial charge in [-0.2, -0.15) is 0 Å². The van der Waals surface area contributed by atoms with Crippen LogP contribution in [0.5, 0.6) is 11.5 Å². The van der Waals surface area contributed by atoms with Gasteiger partial charge < -0.3 is 25.5 Å². The van der Waals surface area contributed by atoms with Crippen molar-refractivity contribution in [2.75, 3.05) is 26.5 Å². The van der Waals surface area contributed by atoms with Crippen molar-refractivity contribution in [3.63, 3.8) is 0 Å². The molecule has 0 unspecified atom stereocenters. The molecule has 0 saturated carbocycles. The Kier molecular flexibility index (Phi) is 5.91. The first-order chi connectivity index (χ1) is 13.6. The van der Waals surface area contributed by atoms with Crippen LogP contribution < -0.4 is 15.2 Å². The van der Waals surface area contributed by atoms with E-state index in [1.54, 1.807) is 18.3 Å². The van der Waals surface area contributed by atoms with Crippen molar-refractivity contribution in [2.45, 2.75) is 20.8 Å². The van der Waals surface area contributed by atoms with Crippen molar-refractivity contribution in [1.82, 2.24) is 15.0 Å². The molecule has 0 fully saturated rings. The standard InChI is InChI=1S/C20H22Cl2N5O2/c1-20(2,3)9-25-18-17-10(8-24-19(23)27-17)6-11(26-18)14-15(21)12(28-4)7-13(29-5)16(14)22/h6-8H,9H2,1-5H3,(H2-,23,24,25,26,27)/q-1. The number of aromatic nitrogens is 3. The first-order valence-electron chi connectivity index (χ1n) is 8.85. The quantitative estimate of drug-likeness (QED) is 0.556. The molecule has 2 N–H and O–H groups in total. The van der Waals surface area contributed by atoms with Crippen LogP contribution in [0.15, 0.2) is 18.3 Å². The summed E-state index contributed by atoms with van der Waals surface area (Å²) in [4.78, 5) is 13.1. The van der Waals surface area contributed by atoms with Gasteiger partial charge in [-0.15, -0.1) is 0 Å². The minimum atomic E-state index is -0.0307. The van der Waals surface area contributed by atoms with Crippen molar-refractivity contribution in [3.05, 3.63) is 33.7 Å². The zero-order valence-electron chi connectivity index (χ0n) is 16.9. The molecule has 9 heteroatoms. The molecule has 2 aromatic heterocycles. The van der Waals surface area contributed by atoms with E-state index in [9.17, 15) is 0 Å². The molecule has 0 amide bonds. The number of nitrogens with two attached hydrogens (primary N) is 1. The predicted molar refractivity (Wildman–Crippen MR) is 118 cm³/mol. The number of ether oxygens (including phenoxy) is 2. The zero-order chi connectivity index (χ0) is 21.3. The second-order valence-electron chi connectivity index (χ2n) is 7.66. The van der Waals surface area contributed by atoms with Crippen LogP contribution in [-0.2, 0) is 0 Å². The van der Waals surface area contributed by atoms with Gasteiger partial charge >= 0.3 is 0 Å². The molecule has 3 aromatic rings. The number of hydrogen-bond acceptors (Lipinski definition) is 6. The van der Waals surface area contributed by atoms with Crippen molar-refractivity contribution in [3.8, 4) is 22.8 Å². The molecule has 0 aliphatic carbocycles. The van der Waals surface area contributed by atoms with Crippen LogP contribution in [0.3, 0.4) is 0 Å². The monoisotopic (exact) mass is 434 g/mol. The third kappa shape index (κ3) is 4.41. The van der Waals surface area contributed by atoms with Gasteiger partial charge in [-0.25, -0.2) is 9.97 Å². The number of nitrogen functional groups attached to an aromatic ring is 1. The smallest absolute Gasteiger partial charge is 0.220 e. The Bertz CT molecular complexity index is 1040. The van der Waals surface area contributed by atoms with E-state index in [4.69, 9.17) is 43.4 Å². The lowest BCUT2D eigenvalue weighted by Gasteiger charge is -2.27. The summed E-state index contributed by atoms with van der Waals surface area (Å²) < 4.78 is 10.7. The van der Waals surface area contributed by atoms with E-state index in [2.05, 4.69) is 36.1 Å². The fourth-order valence-electron chi connectivity index (χ4n) is 2.70. The molecule has 29 heavy (non-hydrogen) atoms. The molecule has 0 aliphatic heterocycles. The molecule has 3 rings (SSSR count). The zero-order valence-corrected chi connectivity index (χ0v) is 18.4. The highest BCUT2D eigenvalue weighted by atomic mass is 35.5. The SMILES string of the molecule is COc1cc(OC)c(Cl)c(-c2cc3cnc(N)nc3c([N-]CC(C)(C)C)n2)c1Cl.